The van der Waals surface area contributed by atoms with Crippen LogP contribution in [-0.2, 0) is 0 Å². The lowest BCUT2D eigenvalue weighted by Crippen LogP contribution is -1.98. The summed E-state index contributed by atoms with van der Waals surface area (Å²) in [5.74, 6) is 0.906. The van der Waals surface area contributed by atoms with Crippen molar-refractivity contribution in [2.45, 2.75) is 0 Å². The van der Waals surface area contributed by atoms with E-state index in [1.807, 2.05) is 6.20 Å². The Balaban J connectivity index is 1.01. The van der Waals surface area contributed by atoms with Crippen LogP contribution in [0.5, 0.6) is 0 Å². The van der Waals surface area contributed by atoms with Gasteiger partial charge in [-0.1, -0.05) is 109 Å². The summed E-state index contributed by atoms with van der Waals surface area (Å²) in [5, 5.41) is 7.28. The van der Waals surface area contributed by atoms with E-state index in [2.05, 4.69) is 185 Å². The van der Waals surface area contributed by atoms with Gasteiger partial charge in [-0.3, -0.25) is 9.55 Å². The predicted molar refractivity (Wildman–Crippen MR) is 224 cm³/mol. The molecule has 1 aliphatic rings. The van der Waals surface area contributed by atoms with Crippen LogP contribution >= 0.6 is 0 Å². The summed E-state index contributed by atoms with van der Waals surface area (Å²) in [7, 11) is 0. The van der Waals surface area contributed by atoms with Gasteiger partial charge in [-0.05, 0) is 94.4 Å². The first-order valence-corrected chi connectivity index (χ1v) is 18.4. The summed E-state index contributed by atoms with van der Waals surface area (Å²) in [6.45, 7) is 0. The quantitative estimate of drug-likeness (QED) is 0.185. The zero-order valence-electron chi connectivity index (χ0n) is 29.1. The van der Waals surface area contributed by atoms with Crippen molar-refractivity contribution in [3.05, 3.63) is 182 Å². The SMILES string of the molecule is c1ccc(-c2cccc(-n3c4ccccc4c4cc(-c5ccc6c(c5)c5ccccc5n6-c5ccc6c(n5)-c5cccc7ccnc-6c57)ccc43)c2)cc1. The molecule has 0 unspecified atom stereocenters. The van der Waals surface area contributed by atoms with Crippen LogP contribution in [-0.4, -0.2) is 19.1 Å². The Kier molecular flexibility index (Phi) is 6.02. The fourth-order valence-electron chi connectivity index (χ4n) is 8.89. The van der Waals surface area contributed by atoms with E-state index in [-0.39, 0.29) is 0 Å². The second-order valence-corrected chi connectivity index (χ2v) is 14.2. The highest BCUT2D eigenvalue weighted by molar-refractivity contribution is 6.14. The Morgan fingerprint density at radius 1 is 0.370 bits per heavy atom. The number of benzene rings is 7. The van der Waals surface area contributed by atoms with Gasteiger partial charge in [0.05, 0.1) is 33.5 Å². The zero-order valence-corrected chi connectivity index (χ0v) is 29.1. The third-order valence-corrected chi connectivity index (χ3v) is 11.3. The first-order chi connectivity index (χ1) is 26.8. The van der Waals surface area contributed by atoms with Crippen molar-refractivity contribution in [3.8, 4) is 56.3 Å². The number of nitrogens with zero attached hydrogens (tertiary/aromatic N) is 4. The molecule has 0 fully saturated rings. The summed E-state index contributed by atoms with van der Waals surface area (Å²) in [6.07, 6.45) is 1.90. The monoisotopic (exact) mass is 686 g/mol. The van der Waals surface area contributed by atoms with Crippen LogP contribution in [0, 0.1) is 0 Å². The summed E-state index contributed by atoms with van der Waals surface area (Å²) < 4.78 is 4.71. The van der Waals surface area contributed by atoms with Crippen molar-refractivity contribution in [2.75, 3.05) is 0 Å². The van der Waals surface area contributed by atoms with Crippen LogP contribution in [0.3, 0.4) is 0 Å². The van der Waals surface area contributed by atoms with Crippen molar-refractivity contribution in [1.82, 2.24) is 19.1 Å². The smallest absolute Gasteiger partial charge is 0.138 e. The highest BCUT2D eigenvalue weighted by Gasteiger charge is 2.25. The number of aromatic nitrogens is 4. The molecule has 0 atom stereocenters. The number of fused-ring (bicyclic) bond motifs is 9. The predicted octanol–water partition coefficient (Wildman–Crippen LogP) is 12.8. The van der Waals surface area contributed by atoms with E-state index in [1.165, 1.54) is 65.6 Å². The molecular formula is C50H30N4. The number of hydrogen-bond acceptors (Lipinski definition) is 2. The van der Waals surface area contributed by atoms with E-state index in [0.717, 1.165) is 45.1 Å². The molecular weight excluding hydrogens is 657 g/mol. The molecule has 0 amide bonds. The van der Waals surface area contributed by atoms with Crippen molar-refractivity contribution in [1.29, 1.82) is 0 Å². The molecule has 4 heteroatoms. The van der Waals surface area contributed by atoms with Crippen LogP contribution in [0.4, 0.5) is 0 Å². The summed E-state index contributed by atoms with van der Waals surface area (Å²) in [6, 6.07) is 63.5. The van der Waals surface area contributed by atoms with Gasteiger partial charge in [0.15, 0.2) is 0 Å². The van der Waals surface area contributed by atoms with E-state index in [1.54, 1.807) is 0 Å². The Morgan fingerprint density at radius 3 is 1.78 bits per heavy atom. The second-order valence-electron chi connectivity index (χ2n) is 14.2. The first kappa shape index (κ1) is 29.3. The Labute approximate surface area is 310 Å². The lowest BCUT2D eigenvalue weighted by atomic mass is 10.0. The molecule has 0 saturated heterocycles. The average molecular weight is 687 g/mol. The van der Waals surface area contributed by atoms with Gasteiger partial charge in [0, 0.05) is 49.9 Å². The van der Waals surface area contributed by atoms with Crippen LogP contribution in [0.2, 0.25) is 0 Å². The molecule has 7 aromatic carbocycles. The maximum Gasteiger partial charge on any atom is 0.138 e. The van der Waals surface area contributed by atoms with E-state index < -0.39 is 0 Å². The largest absolute Gasteiger partial charge is 0.309 e. The van der Waals surface area contributed by atoms with Crippen LogP contribution < -0.4 is 0 Å². The molecule has 4 nitrogen and oxygen atoms in total. The minimum absolute atomic E-state index is 0.906. The van der Waals surface area contributed by atoms with Crippen LogP contribution in [0.15, 0.2) is 182 Å². The number of para-hydroxylation sites is 2. The van der Waals surface area contributed by atoms with Crippen molar-refractivity contribution >= 4 is 54.4 Å². The fraction of sp³-hybridized carbons (Fsp3) is 0. The lowest BCUT2D eigenvalue weighted by molar-refractivity contribution is 1.09. The molecule has 0 spiro atoms. The van der Waals surface area contributed by atoms with Crippen LogP contribution in [0.1, 0.15) is 0 Å². The number of rotatable bonds is 4. The minimum Gasteiger partial charge on any atom is -0.309 e. The lowest BCUT2D eigenvalue weighted by Gasteiger charge is -2.11. The average Bonchev–Trinajstić information content (AvgIpc) is 3.87. The Hall–Kier alpha value is -7.30. The third-order valence-electron chi connectivity index (χ3n) is 11.3. The summed E-state index contributed by atoms with van der Waals surface area (Å²) in [5.41, 5.74) is 14.9. The van der Waals surface area contributed by atoms with Gasteiger partial charge in [-0.15, -0.1) is 0 Å². The highest BCUT2D eigenvalue weighted by atomic mass is 15.1. The molecule has 0 saturated carbocycles. The van der Waals surface area contributed by atoms with Crippen LogP contribution in [0.25, 0.3) is 111 Å². The first-order valence-electron chi connectivity index (χ1n) is 18.4. The maximum absolute atomic E-state index is 5.35. The Bertz CT molecular complexity index is 3330. The van der Waals surface area contributed by atoms with E-state index in [0.29, 0.717) is 0 Å². The molecule has 250 valence electrons. The molecule has 11 aromatic rings. The molecule has 54 heavy (non-hydrogen) atoms. The molecule has 12 rings (SSSR count). The van der Waals surface area contributed by atoms with Gasteiger partial charge in [-0.25, -0.2) is 4.98 Å². The van der Waals surface area contributed by atoms with E-state index in [9.17, 15) is 0 Å². The standard InChI is InChI=1S/C50H30N4/c1-2-10-31(11-3-1)33-13-8-14-36(28-33)53-43-18-6-4-15-37(43)41-29-34(20-23-45(41)53)35-21-24-46-42(30-35)38-16-5-7-19-44(38)54(46)47-25-22-40-49(52-47)39-17-9-12-32-26-27-51-50(40)48(32)39/h1-30H. The van der Waals surface area contributed by atoms with Gasteiger partial charge < -0.3 is 4.57 Å². The zero-order chi connectivity index (χ0) is 35.3. The van der Waals surface area contributed by atoms with Crippen molar-refractivity contribution < 1.29 is 0 Å². The number of pyridine rings is 2. The molecule has 0 aliphatic heterocycles. The van der Waals surface area contributed by atoms with Gasteiger partial charge in [0.2, 0.25) is 0 Å². The topological polar surface area (TPSA) is 35.6 Å². The van der Waals surface area contributed by atoms with Gasteiger partial charge >= 0.3 is 0 Å². The van der Waals surface area contributed by atoms with E-state index >= 15 is 0 Å². The Morgan fingerprint density at radius 2 is 1.00 bits per heavy atom. The molecule has 4 aromatic heterocycles. The van der Waals surface area contributed by atoms with Gasteiger partial charge in [0.1, 0.15) is 5.82 Å². The molecule has 1 aliphatic carbocycles. The molecule has 4 heterocycles. The minimum atomic E-state index is 0.906. The van der Waals surface area contributed by atoms with Crippen molar-refractivity contribution in [2.24, 2.45) is 0 Å². The van der Waals surface area contributed by atoms with Gasteiger partial charge in [0.25, 0.3) is 0 Å². The normalized spacial score (nSPS) is 12.1. The molecule has 0 radical (unpaired) electrons. The fourth-order valence-corrected chi connectivity index (χ4v) is 8.89. The van der Waals surface area contributed by atoms with Gasteiger partial charge in [-0.2, -0.15) is 0 Å². The highest BCUT2D eigenvalue weighted by Crippen LogP contribution is 2.46. The van der Waals surface area contributed by atoms with Crippen molar-refractivity contribution in [3.63, 3.8) is 0 Å². The second kappa shape index (κ2) is 11.1. The molecule has 0 N–H and O–H groups in total. The third kappa shape index (κ3) is 4.13. The molecule has 0 bridgehead atoms. The maximum atomic E-state index is 5.35. The summed E-state index contributed by atoms with van der Waals surface area (Å²) in [4.78, 5) is 10.1. The summed E-state index contributed by atoms with van der Waals surface area (Å²) >= 11 is 0. The van der Waals surface area contributed by atoms with E-state index in [4.69, 9.17) is 9.97 Å². The number of hydrogen-bond donors (Lipinski definition) is 0.